The highest BCUT2D eigenvalue weighted by molar-refractivity contribution is 7.22. The molecule has 2 aromatic heterocycles. The number of amides is 1. The van der Waals surface area contributed by atoms with Crippen LogP contribution in [0.3, 0.4) is 0 Å². The standard InChI is InChI=1S/C21H29N5O2S.ClH/c1-6-24(7-2)12-13-25(20(27)18-10-11-26(23-18)15(3)4)21-22-17-9-8-16(28-5)14-19(17)29-21;/h8-11,14-15H,6-7,12-13H2,1-5H3;1H. The highest BCUT2D eigenvalue weighted by atomic mass is 35.5. The topological polar surface area (TPSA) is 63.5 Å². The van der Waals surface area contributed by atoms with Crippen molar-refractivity contribution < 1.29 is 9.53 Å². The van der Waals surface area contributed by atoms with Crippen molar-refractivity contribution in [2.45, 2.75) is 33.7 Å². The van der Waals surface area contributed by atoms with Crippen molar-refractivity contribution in [2.75, 3.05) is 38.2 Å². The molecule has 0 aliphatic carbocycles. The number of likely N-dealkylation sites (N-methyl/N-ethyl adjacent to an activating group) is 1. The number of nitrogens with zero attached hydrogens (tertiary/aromatic N) is 5. The fourth-order valence-electron chi connectivity index (χ4n) is 3.08. The van der Waals surface area contributed by atoms with Gasteiger partial charge in [0.1, 0.15) is 5.75 Å². The van der Waals surface area contributed by atoms with E-state index in [1.807, 2.05) is 38.2 Å². The van der Waals surface area contributed by atoms with Gasteiger partial charge in [0.15, 0.2) is 10.8 Å². The van der Waals surface area contributed by atoms with Crippen molar-refractivity contribution in [1.29, 1.82) is 0 Å². The largest absolute Gasteiger partial charge is 0.497 e. The second kappa shape index (κ2) is 10.7. The lowest BCUT2D eigenvalue weighted by atomic mass is 10.3. The summed E-state index contributed by atoms with van der Waals surface area (Å²) in [6.07, 6.45) is 1.85. The lowest BCUT2D eigenvalue weighted by molar-refractivity contribution is 0.0978. The SMILES string of the molecule is CCN(CC)CCN(C(=O)c1ccn(C(C)C)n1)c1nc2ccc(OC)cc2s1.Cl. The van der Waals surface area contributed by atoms with Gasteiger partial charge in [-0.1, -0.05) is 25.2 Å². The quantitative estimate of drug-likeness (QED) is 0.479. The first-order chi connectivity index (χ1) is 14.0. The van der Waals surface area contributed by atoms with E-state index in [2.05, 4.69) is 23.8 Å². The Morgan fingerprint density at radius 1 is 1.20 bits per heavy atom. The molecule has 7 nitrogen and oxygen atoms in total. The van der Waals surface area contributed by atoms with Gasteiger partial charge >= 0.3 is 0 Å². The summed E-state index contributed by atoms with van der Waals surface area (Å²) in [4.78, 5) is 22.1. The molecule has 164 valence electrons. The number of methoxy groups -OCH3 is 1. The van der Waals surface area contributed by atoms with E-state index in [1.165, 1.54) is 11.3 Å². The number of halogens is 1. The van der Waals surface area contributed by atoms with Crippen LogP contribution in [0, 0.1) is 0 Å². The van der Waals surface area contributed by atoms with Gasteiger partial charge in [-0.15, -0.1) is 12.4 Å². The fourth-order valence-corrected chi connectivity index (χ4v) is 4.10. The Morgan fingerprint density at radius 3 is 2.53 bits per heavy atom. The highest BCUT2D eigenvalue weighted by Gasteiger charge is 2.24. The molecular weight excluding hydrogens is 422 g/mol. The number of fused-ring (bicyclic) bond motifs is 1. The van der Waals surface area contributed by atoms with E-state index < -0.39 is 0 Å². The van der Waals surface area contributed by atoms with Crippen molar-refractivity contribution >= 4 is 45.0 Å². The zero-order valence-electron chi connectivity index (χ0n) is 18.2. The molecule has 0 aliphatic rings. The number of ether oxygens (including phenoxy) is 1. The molecule has 9 heteroatoms. The van der Waals surface area contributed by atoms with E-state index in [0.717, 1.165) is 35.6 Å². The van der Waals surface area contributed by atoms with Gasteiger partial charge in [0, 0.05) is 25.3 Å². The van der Waals surface area contributed by atoms with Crippen LogP contribution < -0.4 is 9.64 Å². The molecule has 0 saturated heterocycles. The van der Waals surface area contributed by atoms with Gasteiger partial charge in [-0.2, -0.15) is 5.10 Å². The minimum absolute atomic E-state index is 0. The lowest BCUT2D eigenvalue weighted by Crippen LogP contribution is -2.39. The third-order valence-corrected chi connectivity index (χ3v) is 5.99. The van der Waals surface area contributed by atoms with E-state index in [-0.39, 0.29) is 24.4 Å². The van der Waals surface area contributed by atoms with E-state index in [4.69, 9.17) is 9.72 Å². The van der Waals surface area contributed by atoms with Crippen LogP contribution in [0.25, 0.3) is 10.2 Å². The predicted octanol–water partition coefficient (Wildman–Crippen LogP) is 4.49. The van der Waals surface area contributed by atoms with Crippen molar-refractivity contribution in [2.24, 2.45) is 0 Å². The van der Waals surface area contributed by atoms with Gasteiger partial charge in [0.05, 0.1) is 17.3 Å². The Hall–Kier alpha value is -2.16. The molecule has 0 spiro atoms. The minimum Gasteiger partial charge on any atom is -0.497 e. The van der Waals surface area contributed by atoms with E-state index in [1.54, 1.807) is 22.8 Å². The molecule has 1 amide bonds. The summed E-state index contributed by atoms with van der Waals surface area (Å²) in [5.74, 6) is 0.659. The molecule has 0 radical (unpaired) electrons. The molecule has 3 aromatic rings. The number of hydrogen-bond donors (Lipinski definition) is 0. The molecule has 0 saturated carbocycles. The van der Waals surface area contributed by atoms with Gasteiger partial charge in [-0.05, 0) is 51.2 Å². The van der Waals surface area contributed by atoms with Crippen LogP contribution in [0.1, 0.15) is 44.2 Å². The van der Waals surface area contributed by atoms with Crippen LogP contribution in [-0.4, -0.2) is 58.9 Å². The van der Waals surface area contributed by atoms with Gasteiger partial charge in [0.2, 0.25) is 0 Å². The zero-order chi connectivity index (χ0) is 21.0. The Labute approximate surface area is 188 Å². The van der Waals surface area contributed by atoms with Crippen molar-refractivity contribution in [3.8, 4) is 5.75 Å². The van der Waals surface area contributed by atoms with Crippen LogP contribution in [0.2, 0.25) is 0 Å². The maximum atomic E-state index is 13.3. The molecule has 0 atom stereocenters. The summed E-state index contributed by atoms with van der Waals surface area (Å²) in [5, 5.41) is 5.16. The molecule has 30 heavy (non-hydrogen) atoms. The Bertz CT molecular complexity index is 967. The lowest BCUT2D eigenvalue weighted by Gasteiger charge is -2.24. The van der Waals surface area contributed by atoms with Crippen LogP contribution in [0.15, 0.2) is 30.5 Å². The molecule has 0 N–H and O–H groups in total. The summed E-state index contributed by atoms with van der Waals surface area (Å²) in [7, 11) is 1.65. The molecule has 0 unspecified atom stereocenters. The Morgan fingerprint density at radius 2 is 1.93 bits per heavy atom. The van der Waals surface area contributed by atoms with Gasteiger partial charge < -0.3 is 9.64 Å². The molecule has 0 aliphatic heterocycles. The maximum Gasteiger partial charge on any atom is 0.280 e. The average Bonchev–Trinajstić information content (AvgIpc) is 3.37. The Balaban J connectivity index is 0.00000320. The van der Waals surface area contributed by atoms with E-state index in [0.29, 0.717) is 17.4 Å². The van der Waals surface area contributed by atoms with Gasteiger partial charge in [0.25, 0.3) is 5.91 Å². The molecule has 1 aromatic carbocycles. The molecular formula is C21H30ClN5O2S. The van der Waals surface area contributed by atoms with Crippen LogP contribution in [0.5, 0.6) is 5.75 Å². The number of thiazole rings is 1. The van der Waals surface area contributed by atoms with Gasteiger partial charge in [-0.3, -0.25) is 14.4 Å². The normalized spacial score (nSPS) is 11.2. The molecule has 0 bridgehead atoms. The number of carbonyl (C=O) groups excluding carboxylic acids is 1. The Kier molecular flexibility index (Phi) is 8.64. The smallest absolute Gasteiger partial charge is 0.280 e. The number of aromatic nitrogens is 3. The number of carbonyl (C=O) groups is 1. The monoisotopic (exact) mass is 451 g/mol. The van der Waals surface area contributed by atoms with E-state index in [9.17, 15) is 4.79 Å². The second-order valence-corrected chi connectivity index (χ2v) is 8.10. The molecule has 3 rings (SSSR count). The zero-order valence-corrected chi connectivity index (χ0v) is 19.8. The summed E-state index contributed by atoms with van der Waals surface area (Å²) >= 11 is 1.50. The average molecular weight is 452 g/mol. The third kappa shape index (κ3) is 5.30. The molecule has 2 heterocycles. The summed E-state index contributed by atoms with van der Waals surface area (Å²) in [5.41, 5.74) is 1.30. The predicted molar refractivity (Wildman–Crippen MR) is 125 cm³/mol. The van der Waals surface area contributed by atoms with Gasteiger partial charge in [-0.25, -0.2) is 4.98 Å². The first kappa shape index (κ1) is 24.1. The highest BCUT2D eigenvalue weighted by Crippen LogP contribution is 2.32. The number of rotatable bonds is 9. The summed E-state index contributed by atoms with van der Waals surface area (Å²) in [6, 6.07) is 7.75. The molecule has 0 fully saturated rings. The number of hydrogen-bond acceptors (Lipinski definition) is 6. The fraction of sp³-hybridized carbons (Fsp3) is 0.476. The third-order valence-electron chi connectivity index (χ3n) is 4.95. The minimum atomic E-state index is -0.123. The second-order valence-electron chi connectivity index (χ2n) is 7.09. The van der Waals surface area contributed by atoms with Crippen molar-refractivity contribution in [3.05, 3.63) is 36.2 Å². The van der Waals surface area contributed by atoms with Crippen LogP contribution in [0.4, 0.5) is 5.13 Å². The summed E-state index contributed by atoms with van der Waals surface area (Å²) < 4.78 is 8.12. The maximum absolute atomic E-state index is 13.3. The first-order valence-corrected chi connectivity index (χ1v) is 10.8. The number of benzene rings is 1. The van der Waals surface area contributed by atoms with E-state index >= 15 is 0 Å². The summed E-state index contributed by atoms with van der Waals surface area (Å²) in [6.45, 7) is 11.6. The van der Waals surface area contributed by atoms with Crippen LogP contribution in [-0.2, 0) is 0 Å². The van der Waals surface area contributed by atoms with Crippen molar-refractivity contribution in [1.82, 2.24) is 19.7 Å². The first-order valence-electron chi connectivity index (χ1n) is 10.0. The number of anilines is 1. The van der Waals surface area contributed by atoms with Crippen LogP contribution >= 0.6 is 23.7 Å². The van der Waals surface area contributed by atoms with Crippen molar-refractivity contribution in [3.63, 3.8) is 0 Å².